The van der Waals surface area contributed by atoms with Gasteiger partial charge in [-0.15, -0.1) is 0 Å². The van der Waals surface area contributed by atoms with Gasteiger partial charge in [0.15, 0.2) is 0 Å². The molecule has 0 radical (unpaired) electrons. The third-order valence-corrected chi connectivity index (χ3v) is 3.78. The van der Waals surface area contributed by atoms with Crippen molar-refractivity contribution in [2.24, 2.45) is 0 Å². The lowest BCUT2D eigenvalue weighted by Gasteiger charge is -2.03. The van der Waals surface area contributed by atoms with E-state index in [0.717, 1.165) is 26.7 Å². The number of fused-ring (bicyclic) bond motifs is 1. The molecule has 0 aliphatic heterocycles. The molecule has 0 amide bonds. The molecule has 0 atom stereocenters. The van der Waals surface area contributed by atoms with E-state index in [1.807, 2.05) is 47.1 Å². The van der Waals surface area contributed by atoms with Crippen LogP contribution in [0.5, 0.6) is 5.75 Å². The standard InChI is InChI=1S/C16H12BrN3O/c1-18-16-14-9-12(17)5-8-15(14)20(19-16)10-11-3-6-13(21-2)7-4-11/h3-9H,10H2,2H3. The van der Waals surface area contributed by atoms with Crippen LogP contribution in [0.1, 0.15) is 5.56 Å². The highest BCUT2D eigenvalue weighted by Gasteiger charge is 2.13. The molecule has 21 heavy (non-hydrogen) atoms. The maximum absolute atomic E-state index is 7.26. The van der Waals surface area contributed by atoms with Gasteiger partial charge < -0.3 is 9.58 Å². The average molecular weight is 342 g/mol. The van der Waals surface area contributed by atoms with E-state index in [1.54, 1.807) is 7.11 Å². The number of hydrogen-bond donors (Lipinski definition) is 0. The largest absolute Gasteiger partial charge is 0.497 e. The van der Waals surface area contributed by atoms with Crippen LogP contribution < -0.4 is 4.74 Å². The first kappa shape index (κ1) is 13.7. The Hall–Kier alpha value is -2.32. The highest BCUT2D eigenvalue weighted by molar-refractivity contribution is 9.10. The number of ether oxygens (including phenoxy) is 1. The molecule has 2 aromatic carbocycles. The smallest absolute Gasteiger partial charge is 0.303 e. The molecule has 4 nitrogen and oxygen atoms in total. The molecule has 1 heterocycles. The van der Waals surface area contributed by atoms with Crippen molar-refractivity contribution in [3.63, 3.8) is 0 Å². The molecule has 3 rings (SSSR count). The minimum absolute atomic E-state index is 0.430. The second-order valence-corrected chi connectivity index (χ2v) is 5.52. The quantitative estimate of drug-likeness (QED) is 0.661. The van der Waals surface area contributed by atoms with E-state index in [1.165, 1.54) is 0 Å². The number of aromatic nitrogens is 2. The fourth-order valence-corrected chi connectivity index (χ4v) is 2.60. The normalized spacial score (nSPS) is 10.5. The van der Waals surface area contributed by atoms with E-state index in [9.17, 15) is 0 Å². The summed E-state index contributed by atoms with van der Waals surface area (Å²) in [5.41, 5.74) is 2.07. The van der Waals surface area contributed by atoms with Crippen molar-refractivity contribution in [2.45, 2.75) is 6.54 Å². The topological polar surface area (TPSA) is 31.4 Å². The number of methoxy groups -OCH3 is 1. The average Bonchev–Trinajstić information content (AvgIpc) is 2.85. The van der Waals surface area contributed by atoms with Gasteiger partial charge in [-0.1, -0.05) is 34.6 Å². The Kier molecular flexibility index (Phi) is 3.63. The van der Waals surface area contributed by atoms with E-state index >= 15 is 0 Å². The number of halogens is 1. The van der Waals surface area contributed by atoms with Crippen molar-refractivity contribution in [3.8, 4) is 5.75 Å². The lowest BCUT2D eigenvalue weighted by atomic mass is 10.2. The van der Waals surface area contributed by atoms with Crippen LogP contribution in [0.15, 0.2) is 46.9 Å². The monoisotopic (exact) mass is 341 g/mol. The number of hydrogen-bond acceptors (Lipinski definition) is 2. The molecule has 0 bridgehead atoms. The number of benzene rings is 2. The zero-order valence-corrected chi connectivity index (χ0v) is 13.0. The van der Waals surface area contributed by atoms with Crippen molar-refractivity contribution in [3.05, 3.63) is 63.9 Å². The Morgan fingerprint density at radius 3 is 2.67 bits per heavy atom. The van der Waals surface area contributed by atoms with Gasteiger partial charge in [0.05, 0.1) is 19.2 Å². The van der Waals surface area contributed by atoms with Crippen LogP contribution in [-0.4, -0.2) is 16.9 Å². The Morgan fingerprint density at radius 1 is 1.24 bits per heavy atom. The van der Waals surface area contributed by atoms with Crippen LogP contribution in [0.25, 0.3) is 15.7 Å². The third kappa shape index (κ3) is 2.63. The van der Waals surface area contributed by atoms with Gasteiger partial charge in [0.1, 0.15) is 5.75 Å². The van der Waals surface area contributed by atoms with Crippen molar-refractivity contribution in [1.29, 1.82) is 0 Å². The summed E-state index contributed by atoms with van der Waals surface area (Å²) in [6.45, 7) is 7.88. The van der Waals surface area contributed by atoms with Crippen molar-refractivity contribution >= 4 is 32.7 Å². The molecule has 3 aromatic rings. The molecule has 0 unspecified atom stereocenters. The lowest BCUT2D eigenvalue weighted by Crippen LogP contribution is -2.01. The summed E-state index contributed by atoms with van der Waals surface area (Å²) in [5, 5.41) is 5.27. The van der Waals surface area contributed by atoms with Crippen LogP contribution >= 0.6 is 15.9 Å². The second kappa shape index (κ2) is 5.58. The summed E-state index contributed by atoms with van der Waals surface area (Å²) in [6.07, 6.45) is 0. The third-order valence-electron chi connectivity index (χ3n) is 3.29. The van der Waals surface area contributed by atoms with Gasteiger partial charge in [-0.05, 0) is 41.0 Å². The Balaban J connectivity index is 2.02. The van der Waals surface area contributed by atoms with Crippen LogP contribution in [0.2, 0.25) is 0 Å². The van der Waals surface area contributed by atoms with Gasteiger partial charge in [-0.25, -0.2) is 0 Å². The first-order valence-electron chi connectivity index (χ1n) is 6.37. The number of nitrogens with zero attached hydrogens (tertiary/aromatic N) is 3. The molecule has 0 aliphatic carbocycles. The molecule has 0 spiro atoms. The first-order valence-corrected chi connectivity index (χ1v) is 7.17. The van der Waals surface area contributed by atoms with E-state index < -0.39 is 0 Å². The van der Waals surface area contributed by atoms with Crippen molar-refractivity contribution in [1.82, 2.24) is 9.78 Å². The minimum atomic E-state index is 0.430. The van der Waals surface area contributed by atoms with Crippen LogP contribution in [0.3, 0.4) is 0 Å². The fraction of sp³-hybridized carbons (Fsp3) is 0.125. The highest BCUT2D eigenvalue weighted by Crippen LogP contribution is 2.29. The summed E-state index contributed by atoms with van der Waals surface area (Å²) in [7, 11) is 1.65. The molecule has 0 N–H and O–H groups in total. The van der Waals surface area contributed by atoms with Gasteiger partial charge in [0.25, 0.3) is 0 Å². The van der Waals surface area contributed by atoms with Gasteiger partial charge in [-0.2, -0.15) is 4.68 Å². The molecular weight excluding hydrogens is 330 g/mol. The maximum Gasteiger partial charge on any atom is 0.303 e. The zero-order chi connectivity index (χ0) is 14.8. The molecule has 0 fully saturated rings. The number of rotatable bonds is 3. The first-order chi connectivity index (χ1) is 10.2. The Labute approximate surface area is 130 Å². The molecule has 0 aliphatic rings. The minimum Gasteiger partial charge on any atom is -0.497 e. The molecule has 1 aromatic heterocycles. The van der Waals surface area contributed by atoms with Crippen molar-refractivity contribution in [2.75, 3.05) is 7.11 Å². The zero-order valence-electron chi connectivity index (χ0n) is 11.4. The highest BCUT2D eigenvalue weighted by atomic mass is 79.9. The van der Waals surface area contributed by atoms with Gasteiger partial charge in [-0.3, -0.25) is 0 Å². The SMILES string of the molecule is [C-]#[N+]c1nn(Cc2ccc(OC)cc2)c2ccc(Br)cc12. The van der Waals surface area contributed by atoms with Gasteiger partial charge in [0.2, 0.25) is 0 Å². The lowest BCUT2D eigenvalue weighted by molar-refractivity contribution is 0.414. The predicted molar refractivity (Wildman–Crippen MR) is 85.8 cm³/mol. The Morgan fingerprint density at radius 2 is 2.00 bits per heavy atom. The van der Waals surface area contributed by atoms with Gasteiger partial charge in [0, 0.05) is 9.86 Å². The summed E-state index contributed by atoms with van der Waals surface area (Å²) < 4.78 is 7.96. The molecular formula is C16H12BrN3O. The van der Waals surface area contributed by atoms with E-state index in [4.69, 9.17) is 11.3 Å². The van der Waals surface area contributed by atoms with Crippen molar-refractivity contribution < 1.29 is 4.74 Å². The molecule has 104 valence electrons. The summed E-state index contributed by atoms with van der Waals surface area (Å²) in [6, 6.07) is 13.7. The van der Waals surface area contributed by atoms with Crippen LogP contribution in [0, 0.1) is 6.57 Å². The van der Waals surface area contributed by atoms with E-state index in [0.29, 0.717) is 12.4 Å². The molecule has 0 saturated heterocycles. The summed E-state index contributed by atoms with van der Waals surface area (Å²) in [5.74, 6) is 1.26. The van der Waals surface area contributed by atoms with Gasteiger partial charge >= 0.3 is 5.82 Å². The summed E-state index contributed by atoms with van der Waals surface area (Å²) >= 11 is 3.43. The van der Waals surface area contributed by atoms with Crippen LogP contribution in [-0.2, 0) is 6.54 Å². The Bertz CT molecular complexity index is 831. The van der Waals surface area contributed by atoms with E-state index in [2.05, 4.69) is 25.9 Å². The molecule has 0 saturated carbocycles. The molecule has 5 heteroatoms. The summed E-state index contributed by atoms with van der Waals surface area (Å²) in [4.78, 5) is 3.51. The maximum atomic E-state index is 7.26. The second-order valence-electron chi connectivity index (χ2n) is 4.60. The fourth-order valence-electron chi connectivity index (χ4n) is 2.24. The predicted octanol–water partition coefficient (Wildman–Crippen LogP) is 4.41. The van der Waals surface area contributed by atoms with Crippen LogP contribution in [0.4, 0.5) is 5.82 Å². The van der Waals surface area contributed by atoms with E-state index in [-0.39, 0.29) is 0 Å².